The first-order chi connectivity index (χ1) is 8.66. The topological polar surface area (TPSA) is 67.2 Å². The molecule has 2 aromatic rings. The third-order valence-electron chi connectivity index (χ3n) is 2.70. The van der Waals surface area contributed by atoms with Gasteiger partial charge in [-0.3, -0.25) is 9.48 Å². The lowest BCUT2D eigenvalue weighted by molar-refractivity contribution is 0.0953. The maximum absolute atomic E-state index is 11.8. The number of aryl methyl sites for hydroxylation is 1. The third-order valence-corrected chi connectivity index (χ3v) is 2.70. The van der Waals surface area contributed by atoms with E-state index in [9.17, 15) is 9.90 Å². The summed E-state index contributed by atoms with van der Waals surface area (Å²) in [6.45, 7) is 0.536. The summed E-state index contributed by atoms with van der Waals surface area (Å²) in [5.41, 5.74) is 1.52. The van der Waals surface area contributed by atoms with E-state index < -0.39 is 0 Å². The lowest BCUT2D eigenvalue weighted by atomic mass is 10.2. The van der Waals surface area contributed by atoms with Gasteiger partial charge in [-0.1, -0.05) is 6.07 Å². The summed E-state index contributed by atoms with van der Waals surface area (Å²) < 4.78 is 1.78. The number of carbonyl (C=O) groups is 1. The van der Waals surface area contributed by atoms with Crippen molar-refractivity contribution in [2.75, 3.05) is 6.54 Å². The summed E-state index contributed by atoms with van der Waals surface area (Å²) in [7, 11) is 1.87. The average Bonchev–Trinajstić information content (AvgIpc) is 2.75. The van der Waals surface area contributed by atoms with Crippen molar-refractivity contribution in [2.45, 2.75) is 6.42 Å². The Morgan fingerprint density at radius 2 is 2.28 bits per heavy atom. The minimum absolute atomic E-state index is 0.0919. The van der Waals surface area contributed by atoms with E-state index in [1.54, 1.807) is 23.0 Å². The molecule has 94 valence electrons. The van der Waals surface area contributed by atoms with Crippen LogP contribution in [0.5, 0.6) is 5.75 Å². The van der Waals surface area contributed by atoms with Crippen molar-refractivity contribution in [3.63, 3.8) is 0 Å². The second-order valence-corrected chi connectivity index (χ2v) is 4.00. The molecule has 0 bridgehead atoms. The lowest BCUT2D eigenvalue weighted by Crippen LogP contribution is -2.26. The number of hydrogen-bond donors (Lipinski definition) is 2. The van der Waals surface area contributed by atoms with Crippen LogP contribution in [0.15, 0.2) is 36.5 Å². The zero-order valence-corrected chi connectivity index (χ0v) is 10.1. The van der Waals surface area contributed by atoms with E-state index in [1.807, 2.05) is 13.1 Å². The van der Waals surface area contributed by atoms with Crippen LogP contribution in [0, 0.1) is 0 Å². The van der Waals surface area contributed by atoms with Gasteiger partial charge in [-0.2, -0.15) is 5.10 Å². The first-order valence-electron chi connectivity index (χ1n) is 5.71. The van der Waals surface area contributed by atoms with E-state index in [0.29, 0.717) is 12.1 Å². The molecule has 2 rings (SSSR count). The van der Waals surface area contributed by atoms with E-state index in [4.69, 9.17) is 0 Å². The number of nitrogens with one attached hydrogen (secondary N) is 1. The molecule has 0 aliphatic heterocycles. The Bertz CT molecular complexity index is 549. The van der Waals surface area contributed by atoms with Gasteiger partial charge in [0.2, 0.25) is 0 Å². The van der Waals surface area contributed by atoms with Gasteiger partial charge >= 0.3 is 0 Å². The van der Waals surface area contributed by atoms with Gasteiger partial charge in [0.05, 0.1) is 0 Å². The first kappa shape index (κ1) is 12.2. The second-order valence-electron chi connectivity index (χ2n) is 4.00. The van der Waals surface area contributed by atoms with E-state index in [-0.39, 0.29) is 11.7 Å². The molecule has 1 heterocycles. The molecule has 18 heavy (non-hydrogen) atoms. The standard InChI is InChI=1S/C13H15N3O2/c1-16-11(6-8-15-16)5-7-14-13(18)10-3-2-4-12(17)9-10/h2-4,6,8-9,17H,5,7H2,1H3,(H,14,18). The quantitative estimate of drug-likeness (QED) is 0.847. The van der Waals surface area contributed by atoms with Crippen LogP contribution in [0.25, 0.3) is 0 Å². The molecule has 0 radical (unpaired) electrons. The normalized spacial score (nSPS) is 10.3. The molecule has 0 atom stereocenters. The number of benzene rings is 1. The molecule has 0 aliphatic rings. The summed E-state index contributed by atoms with van der Waals surface area (Å²) in [4.78, 5) is 11.8. The van der Waals surface area contributed by atoms with Crippen LogP contribution in [0.2, 0.25) is 0 Å². The number of carbonyl (C=O) groups excluding carboxylic acids is 1. The highest BCUT2D eigenvalue weighted by Gasteiger charge is 2.06. The van der Waals surface area contributed by atoms with Gasteiger partial charge in [-0.25, -0.2) is 0 Å². The zero-order valence-electron chi connectivity index (χ0n) is 10.1. The monoisotopic (exact) mass is 245 g/mol. The molecule has 2 N–H and O–H groups in total. The number of phenols is 1. The van der Waals surface area contributed by atoms with Crippen LogP contribution in [-0.2, 0) is 13.5 Å². The number of rotatable bonds is 4. The van der Waals surface area contributed by atoms with Gasteiger partial charge in [0.1, 0.15) is 5.75 Å². The molecular weight excluding hydrogens is 230 g/mol. The Kier molecular flexibility index (Phi) is 3.62. The summed E-state index contributed by atoms with van der Waals surface area (Å²) >= 11 is 0. The molecule has 1 aromatic heterocycles. The molecule has 1 aromatic carbocycles. The predicted octanol–water partition coefficient (Wildman–Crippen LogP) is 1.10. The molecule has 0 fully saturated rings. The van der Waals surface area contributed by atoms with Gasteiger partial charge < -0.3 is 10.4 Å². The highest BCUT2D eigenvalue weighted by Crippen LogP contribution is 2.10. The highest BCUT2D eigenvalue weighted by atomic mass is 16.3. The van der Waals surface area contributed by atoms with Crippen molar-refractivity contribution in [1.82, 2.24) is 15.1 Å². The van der Waals surface area contributed by atoms with E-state index in [1.165, 1.54) is 12.1 Å². The summed E-state index contributed by atoms with van der Waals surface area (Å²) in [6, 6.07) is 8.21. The zero-order chi connectivity index (χ0) is 13.0. The highest BCUT2D eigenvalue weighted by molar-refractivity contribution is 5.94. The molecule has 5 nitrogen and oxygen atoms in total. The van der Waals surface area contributed by atoms with Crippen LogP contribution in [0.3, 0.4) is 0 Å². The maximum Gasteiger partial charge on any atom is 0.251 e. The molecule has 0 spiro atoms. The molecule has 0 saturated heterocycles. The van der Waals surface area contributed by atoms with E-state index >= 15 is 0 Å². The summed E-state index contributed by atoms with van der Waals surface area (Å²) in [6.07, 6.45) is 2.45. The number of nitrogens with zero attached hydrogens (tertiary/aromatic N) is 2. The summed E-state index contributed by atoms with van der Waals surface area (Å²) in [5, 5.41) is 16.1. The number of hydrogen-bond acceptors (Lipinski definition) is 3. The van der Waals surface area contributed by atoms with E-state index in [0.717, 1.165) is 12.1 Å². The molecule has 0 unspecified atom stereocenters. The average molecular weight is 245 g/mol. The second kappa shape index (κ2) is 5.35. The molecule has 5 heteroatoms. The predicted molar refractivity (Wildman–Crippen MR) is 67.4 cm³/mol. The van der Waals surface area contributed by atoms with Crippen molar-refractivity contribution in [3.05, 3.63) is 47.8 Å². The van der Waals surface area contributed by atoms with Gasteiger partial charge in [0, 0.05) is 37.5 Å². The molecular formula is C13H15N3O2. The minimum atomic E-state index is -0.187. The number of phenolic OH excluding ortho intramolecular Hbond substituents is 1. The smallest absolute Gasteiger partial charge is 0.251 e. The largest absolute Gasteiger partial charge is 0.508 e. The molecule has 1 amide bonds. The fourth-order valence-corrected chi connectivity index (χ4v) is 1.70. The minimum Gasteiger partial charge on any atom is -0.508 e. The Morgan fingerprint density at radius 1 is 1.44 bits per heavy atom. The fraction of sp³-hybridized carbons (Fsp3) is 0.231. The number of aromatic nitrogens is 2. The van der Waals surface area contributed by atoms with Crippen LogP contribution in [-0.4, -0.2) is 27.3 Å². The lowest BCUT2D eigenvalue weighted by Gasteiger charge is -2.05. The van der Waals surface area contributed by atoms with Crippen molar-refractivity contribution < 1.29 is 9.90 Å². The van der Waals surface area contributed by atoms with Crippen molar-refractivity contribution in [2.24, 2.45) is 7.05 Å². The Balaban J connectivity index is 1.87. The van der Waals surface area contributed by atoms with Crippen molar-refractivity contribution in [3.8, 4) is 5.75 Å². The molecule has 0 saturated carbocycles. The van der Waals surface area contributed by atoms with Gasteiger partial charge in [-0.05, 0) is 24.3 Å². The van der Waals surface area contributed by atoms with Crippen LogP contribution in [0.4, 0.5) is 0 Å². The Morgan fingerprint density at radius 3 is 2.94 bits per heavy atom. The van der Waals surface area contributed by atoms with Gasteiger partial charge in [-0.15, -0.1) is 0 Å². The first-order valence-corrected chi connectivity index (χ1v) is 5.71. The Hall–Kier alpha value is -2.30. The maximum atomic E-state index is 11.8. The van der Waals surface area contributed by atoms with Crippen LogP contribution < -0.4 is 5.32 Å². The summed E-state index contributed by atoms with van der Waals surface area (Å²) in [5.74, 6) is -0.0950. The third kappa shape index (κ3) is 2.88. The van der Waals surface area contributed by atoms with Crippen LogP contribution in [0.1, 0.15) is 16.1 Å². The van der Waals surface area contributed by atoms with Crippen LogP contribution >= 0.6 is 0 Å². The Labute approximate surface area is 105 Å². The number of amides is 1. The van der Waals surface area contributed by atoms with E-state index in [2.05, 4.69) is 10.4 Å². The fourth-order valence-electron chi connectivity index (χ4n) is 1.70. The SMILES string of the molecule is Cn1nccc1CCNC(=O)c1cccc(O)c1. The number of aromatic hydroxyl groups is 1. The van der Waals surface area contributed by atoms with Crippen molar-refractivity contribution in [1.29, 1.82) is 0 Å². The van der Waals surface area contributed by atoms with Gasteiger partial charge in [0.15, 0.2) is 0 Å². The van der Waals surface area contributed by atoms with Gasteiger partial charge in [0.25, 0.3) is 5.91 Å². The van der Waals surface area contributed by atoms with Crippen molar-refractivity contribution >= 4 is 5.91 Å². The molecule has 0 aliphatic carbocycles.